The van der Waals surface area contributed by atoms with Gasteiger partial charge in [-0.1, -0.05) is 90.4 Å². The molecule has 0 aliphatic carbocycles. The molecule has 0 spiro atoms. The number of rotatable bonds is 47. The van der Waals surface area contributed by atoms with Gasteiger partial charge >= 0.3 is 11.9 Å². The molecule has 61 heavy (non-hydrogen) atoms. The maximum Gasteiger partial charge on any atom is 0.306 e. The maximum atomic E-state index is 12.4. The number of aliphatic carboxylic acids is 2. The molecule has 0 saturated heterocycles. The van der Waals surface area contributed by atoms with Crippen LogP contribution in [-0.2, 0) is 52.5 Å². The van der Waals surface area contributed by atoms with E-state index in [1.54, 1.807) is 6.92 Å². The Morgan fingerprint density at radius 2 is 0.967 bits per heavy atom. The number of hydrogen-bond acceptors (Lipinski definition) is 11. The van der Waals surface area contributed by atoms with Crippen LogP contribution in [-0.4, -0.2) is 117 Å². The Hall–Kier alpha value is -3.27. The van der Waals surface area contributed by atoms with Crippen LogP contribution >= 0.6 is 0 Å². The van der Waals surface area contributed by atoms with Gasteiger partial charge in [-0.3, -0.25) is 33.6 Å². The van der Waals surface area contributed by atoms with Crippen molar-refractivity contribution in [1.29, 1.82) is 0 Å². The number of amides is 2. The van der Waals surface area contributed by atoms with Crippen LogP contribution in [0.4, 0.5) is 0 Å². The molecule has 0 aromatic heterocycles. The van der Waals surface area contributed by atoms with E-state index in [0.29, 0.717) is 39.0 Å². The first-order valence-electron chi connectivity index (χ1n) is 23.3. The van der Waals surface area contributed by atoms with Gasteiger partial charge in [-0.05, 0) is 51.9 Å². The van der Waals surface area contributed by atoms with E-state index in [9.17, 15) is 38.7 Å². The molecule has 4 N–H and O–H groups in total. The van der Waals surface area contributed by atoms with Crippen molar-refractivity contribution in [2.75, 3.05) is 65.9 Å². The highest BCUT2D eigenvalue weighted by atomic mass is 16.5. The highest BCUT2D eigenvalue weighted by Gasteiger charge is 2.22. The number of carbonyl (C=O) groups excluding carboxylic acids is 5. The van der Waals surface area contributed by atoms with Gasteiger partial charge in [0.1, 0.15) is 24.8 Å². The molecule has 0 fully saturated rings. The van der Waals surface area contributed by atoms with Crippen molar-refractivity contribution in [2.45, 2.75) is 174 Å². The molecular formula is C46H82N2O13. The number of carboxylic acids is 2. The first-order valence-corrected chi connectivity index (χ1v) is 23.3. The van der Waals surface area contributed by atoms with Crippen molar-refractivity contribution >= 4 is 41.1 Å². The monoisotopic (exact) mass is 871 g/mol. The highest BCUT2D eigenvalue weighted by molar-refractivity contribution is 5.84. The molecular weight excluding hydrogens is 789 g/mol. The minimum absolute atomic E-state index is 0.00721. The molecule has 0 aliphatic rings. The Balaban J connectivity index is 3.65. The zero-order chi connectivity index (χ0) is 45.2. The quantitative estimate of drug-likeness (QED) is 0.0446. The van der Waals surface area contributed by atoms with Gasteiger partial charge in [0.05, 0.1) is 39.0 Å². The second-order valence-electron chi connectivity index (χ2n) is 16.0. The number of ketones is 3. The lowest BCUT2D eigenvalue weighted by Crippen LogP contribution is -2.29. The van der Waals surface area contributed by atoms with E-state index < -0.39 is 17.9 Å². The molecule has 0 aliphatic heterocycles. The number of Topliss-reactive ketones (excluding diaryl/α,β-unsaturated/α-hetero) is 3. The van der Waals surface area contributed by atoms with Gasteiger partial charge in [-0.25, -0.2) is 0 Å². The lowest BCUT2D eigenvalue weighted by molar-refractivity contribution is -0.144. The van der Waals surface area contributed by atoms with Crippen LogP contribution in [0.15, 0.2) is 0 Å². The van der Waals surface area contributed by atoms with Crippen molar-refractivity contribution < 1.29 is 62.7 Å². The summed E-state index contributed by atoms with van der Waals surface area (Å²) in [6.45, 7) is 6.02. The number of hydrogen-bond donors (Lipinski definition) is 4. The summed E-state index contributed by atoms with van der Waals surface area (Å²) >= 11 is 0. The van der Waals surface area contributed by atoms with Crippen LogP contribution in [0.3, 0.4) is 0 Å². The lowest BCUT2D eigenvalue weighted by Gasteiger charge is -2.12. The number of carboxylic acid groups (broad SMARTS) is 2. The Bertz CT molecular complexity index is 1180. The van der Waals surface area contributed by atoms with E-state index >= 15 is 0 Å². The first kappa shape index (κ1) is 57.7. The van der Waals surface area contributed by atoms with Gasteiger partial charge in [0, 0.05) is 57.7 Å². The topological polar surface area (TPSA) is 221 Å². The summed E-state index contributed by atoms with van der Waals surface area (Å²) in [7, 11) is 0. The fourth-order valence-corrected chi connectivity index (χ4v) is 6.79. The maximum absolute atomic E-state index is 12.4. The average Bonchev–Trinajstić information content (AvgIpc) is 3.22. The SMILES string of the molecule is CC[C@@H](CCCCNC(=O)COCCOCCCC(=O)COCCOCCNC(=O)CC[C@H](CC(=O)CCCCCCCCCCCCCCCCC(=O)O)C(=O)O)C(C)=O. The second-order valence-corrected chi connectivity index (χ2v) is 16.0. The van der Waals surface area contributed by atoms with Crippen molar-refractivity contribution in [1.82, 2.24) is 10.6 Å². The molecule has 0 rings (SSSR count). The summed E-state index contributed by atoms with van der Waals surface area (Å²) in [5, 5.41) is 23.7. The van der Waals surface area contributed by atoms with Crippen LogP contribution in [0.25, 0.3) is 0 Å². The van der Waals surface area contributed by atoms with E-state index in [2.05, 4.69) is 10.6 Å². The zero-order valence-corrected chi connectivity index (χ0v) is 37.8. The molecule has 0 heterocycles. The lowest BCUT2D eigenvalue weighted by atomic mass is 9.94. The van der Waals surface area contributed by atoms with Gasteiger partial charge in [0.15, 0.2) is 5.78 Å². The zero-order valence-electron chi connectivity index (χ0n) is 37.8. The smallest absolute Gasteiger partial charge is 0.306 e. The fourth-order valence-electron chi connectivity index (χ4n) is 6.79. The van der Waals surface area contributed by atoms with E-state index in [1.165, 1.54) is 44.9 Å². The minimum atomic E-state index is -1.07. The summed E-state index contributed by atoms with van der Waals surface area (Å²) < 4.78 is 21.6. The summed E-state index contributed by atoms with van der Waals surface area (Å²) in [5.74, 6) is -2.96. The predicted octanol–water partition coefficient (Wildman–Crippen LogP) is 7.19. The summed E-state index contributed by atoms with van der Waals surface area (Å²) in [6.07, 6.45) is 20.2. The van der Waals surface area contributed by atoms with Crippen LogP contribution in [0, 0.1) is 11.8 Å². The van der Waals surface area contributed by atoms with Gasteiger partial charge < -0.3 is 39.8 Å². The predicted molar refractivity (Wildman–Crippen MR) is 233 cm³/mol. The van der Waals surface area contributed by atoms with Crippen LogP contribution in [0.2, 0.25) is 0 Å². The summed E-state index contributed by atoms with van der Waals surface area (Å²) in [5.41, 5.74) is 0. The van der Waals surface area contributed by atoms with Gasteiger partial charge in [0.25, 0.3) is 0 Å². The Kier molecular flexibility index (Phi) is 39.8. The third-order valence-corrected chi connectivity index (χ3v) is 10.6. The largest absolute Gasteiger partial charge is 0.481 e. The summed E-state index contributed by atoms with van der Waals surface area (Å²) in [6, 6.07) is 0. The van der Waals surface area contributed by atoms with E-state index in [-0.39, 0.29) is 107 Å². The van der Waals surface area contributed by atoms with E-state index in [1.807, 2.05) is 6.92 Å². The molecule has 0 radical (unpaired) electrons. The third-order valence-electron chi connectivity index (χ3n) is 10.6. The molecule has 15 heteroatoms. The number of carbonyl (C=O) groups is 7. The van der Waals surface area contributed by atoms with Crippen molar-refractivity contribution in [2.24, 2.45) is 11.8 Å². The standard InChI is InChI=1S/C46H82N2O13/c1-3-39(38(2)49)21-18-19-27-47-44(53)37-61-34-31-58-29-20-23-42(51)36-60-33-32-59-30-28-48-43(52)26-25-40(46(56)57)35-41(50)22-16-14-12-10-8-6-4-5-7-9-11-13-15-17-24-45(54)55/h39-40H,3-37H2,1-2H3,(H,47,53)(H,48,52)(H,54,55)(H,56,57)/t39-,40+/m0/s1. The number of unbranched alkanes of at least 4 members (excludes halogenated alkanes) is 14. The number of nitrogens with one attached hydrogen (secondary N) is 2. The van der Waals surface area contributed by atoms with Gasteiger partial charge in [-0.15, -0.1) is 0 Å². The van der Waals surface area contributed by atoms with E-state index in [0.717, 1.165) is 70.6 Å². The van der Waals surface area contributed by atoms with Gasteiger partial charge in [-0.2, -0.15) is 0 Å². The van der Waals surface area contributed by atoms with Crippen molar-refractivity contribution in [3.8, 4) is 0 Å². The molecule has 0 aromatic rings. The molecule has 2 atom stereocenters. The first-order chi connectivity index (χ1) is 29.5. The van der Waals surface area contributed by atoms with Crippen LogP contribution < -0.4 is 10.6 Å². The van der Waals surface area contributed by atoms with Gasteiger partial charge in [0.2, 0.25) is 11.8 Å². The Morgan fingerprint density at radius 1 is 0.459 bits per heavy atom. The van der Waals surface area contributed by atoms with E-state index in [4.69, 9.17) is 24.1 Å². The van der Waals surface area contributed by atoms with Crippen LogP contribution in [0.5, 0.6) is 0 Å². The minimum Gasteiger partial charge on any atom is -0.481 e. The number of ether oxygens (including phenoxy) is 4. The van der Waals surface area contributed by atoms with Crippen LogP contribution in [0.1, 0.15) is 174 Å². The molecule has 0 unspecified atom stereocenters. The molecule has 0 aromatic carbocycles. The highest BCUT2D eigenvalue weighted by Crippen LogP contribution is 2.17. The van der Waals surface area contributed by atoms with Crippen molar-refractivity contribution in [3.63, 3.8) is 0 Å². The third kappa shape index (κ3) is 40.6. The second kappa shape index (κ2) is 42.1. The summed E-state index contributed by atoms with van der Waals surface area (Å²) in [4.78, 5) is 82.2. The Labute approximate surface area is 365 Å². The average molecular weight is 871 g/mol. The molecule has 0 bridgehead atoms. The van der Waals surface area contributed by atoms with Crippen molar-refractivity contribution in [3.05, 3.63) is 0 Å². The molecule has 354 valence electrons. The Morgan fingerprint density at radius 3 is 1.52 bits per heavy atom. The molecule has 0 saturated carbocycles. The molecule has 2 amide bonds. The molecule has 15 nitrogen and oxygen atoms in total. The fraction of sp³-hybridized carbons (Fsp3) is 0.848. The normalized spacial score (nSPS) is 12.2.